The second kappa shape index (κ2) is 3.53. The molecular weight excluding hydrogens is 182 g/mol. The Labute approximate surface area is 80.8 Å². The van der Waals surface area contributed by atoms with Crippen molar-refractivity contribution in [1.29, 1.82) is 0 Å². The van der Waals surface area contributed by atoms with Crippen LogP contribution in [0.5, 0.6) is 0 Å². The summed E-state index contributed by atoms with van der Waals surface area (Å²) in [5.41, 5.74) is 0.704. The lowest BCUT2D eigenvalue weighted by Crippen LogP contribution is -2.25. The minimum absolute atomic E-state index is 0.0280. The van der Waals surface area contributed by atoms with Gasteiger partial charge in [0.2, 0.25) is 5.91 Å². The van der Waals surface area contributed by atoms with Crippen LogP contribution in [0.25, 0.3) is 0 Å². The molecule has 0 unspecified atom stereocenters. The number of carbonyl (C=O) groups excluding carboxylic acids is 2. The third kappa shape index (κ3) is 1.76. The summed E-state index contributed by atoms with van der Waals surface area (Å²) >= 11 is 0. The predicted octanol–water partition coefficient (Wildman–Crippen LogP) is -0.222. The molecule has 1 aromatic rings. The number of carbonyl (C=O) groups is 2. The molecule has 1 saturated heterocycles. The highest BCUT2D eigenvalue weighted by Gasteiger charge is 2.27. The molecule has 0 spiro atoms. The first kappa shape index (κ1) is 8.80. The zero-order chi connectivity index (χ0) is 9.97. The molecule has 0 atom stereocenters. The van der Waals surface area contributed by atoms with Crippen LogP contribution in [0.3, 0.4) is 0 Å². The maximum Gasteiger partial charge on any atom is 0.230 e. The molecule has 0 bridgehead atoms. The Kier molecular flexibility index (Phi) is 2.22. The summed E-state index contributed by atoms with van der Waals surface area (Å²) in [4.78, 5) is 31.6. The smallest absolute Gasteiger partial charge is 0.230 e. The highest BCUT2D eigenvalue weighted by atomic mass is 16.2. The summed E-state index contributed by atoms with van der Waals surface area (Å²) in [6.07, 6.45) is 4.76. The van der Waals surface area contributed by atoms with Gasteiger partial charge in [0.25, 0.3) is 0 Å². The third-order valence-corrected chi connectivity index (χ3v) is 2.04. The van der Waals surface area contributed by atoms with E-state index in [-0.39, 0.29) is 24.7 Å². The summed E-state index contributed by atoms with van der Waals surface area (Å²) in [5, 5.41) is 0. The minimum atomic E-state index is -0.124. The van der Waals surface area contributed by atoms with E-state index in [1.165, 1.54) is 4.90 Å². The van der Waals surface area contributed by atoms with Gasteiger partial charge >= 0.3 is 0 Å². The maximum absolute atomic E-state index is 11.2. The number of nitrogens with zero attached hydrogens (tertiary/aromatic N) is 3. The van der Waals surface area contributed by atoms with Gasteiger partial charge in [0.05, 0.1) is 31.4 Å². The first-order chi connectivity index (χ1) is 6.75. The lowest BCUT2D eigenvalue weighted by molar-refractivity contribution is -0.128. The topological polar surface area (TPSA) is 63.2 Å². The Morgan fingerprint density at radius 2 is 2.21 bits per heavy atom. The van der Waals surface area contributed by atoms with Crippen molar-refractivity contribution < 1.29 is 9.59 Å². The van der Waals surface area contributed by atoms with E-state index in [0.717, 1.165) is 0 Å². The summed E-state index contributed by atoms with van der Waals surface area (Å²) in [6, 6.07) is 0. The van der Waals surface area contributed by atoms with E-state index in [4.69, 9.17) is 0 Å². The minimum Gasteiger partial charge on any atom is -0.329 e. The molecule has 5 heteroatoms. The molecule has 1 amide bonds. The number of likely N-dealkylation sites (tertiary alicyclic amines) is 1. The lowest BCUT2D eigenvalue weighted by atomic mass is 10.3. The average molecular weight is 191 g/mol. The van der Waals surface area contributed by atoms with Crippen molar-refractivity contribution in [3.8, 4) is 0 Å². The fourth-order valence-corrected chi connectivity index (χ4v) is 1.39. The molecule has 72 valence electrons. The first-order valence-corrected chi connectivity index (χ1v) is 4.30. The van der Waals surface area contributed by atoms with Crippen LogP contribution in [-0.2, 0) is 16.1 Å². The van der Waals surface area contributed by atoms with Crippen LogP contribution in [0.15, 0.2) is 18.6 Å². The second-order valence-electron chi connectivity index (χ2n) is 3.16. The standard InChI is InChI=1S/C9H9N3O2/c13-8-3-9(14)12(6-8)5-7-4-10-1-2-11-7/h1-2,4H,3,5-6H2. The van der Waals surface area contributed by atoms with E-state index < -0.39 is 0 Å². The predicted molar refractivity (Wildman–Crippen MR) is 47.1 cm³/mol. The van der Waals surface area contributed by atoms with Gasteiger partial charge in [-0.05, 0) is 0 Å². The highest BCUT2D eigenvalue weighted by molar-refractivity contribution is 6.05. The molecule has 0 aromatic carbocycles. The van der Waals surface area contributed by atoms with Crippen LogP contribution >= 0.6 is 0 Å². The van der Waals surface area contributed by atoms with Gasteiger partial charge in [0.15, 0.2) is 5.78 Å². The van der Waals surface area contributed by atoms with Crippen LogP contribution in [0, 0.1) is 0 Å². The SMILES string of the molecule is O=C1CC(=O)N(Cc2cnccn2)C1. The molecule has 1 aromatic heterocycles. The Balaban J connectivity index is 2.05. The molecule has 14 heavy (non-hydrogen) atoms. The molecule has 2 rings (SSSR count). The molecule has 1 aliphatic rings. The molecule has 1 fully saturated rings. The van der Waals surface area contributed by atoms with E-state index in [2.05, 4.69) is 9.97 Å². The van der Waals surface area contributed by atoms with E-state index in [1.54, 1.807) is 18.6 Å². The Morgan fingerprint density at radius 1 is 1.36 bits per heavy atom. The van der Waals surface area contributed by atoms with Crippen LogP contribution in [0.1, 0.15) is 12.1 Å². The third-order valence-electron chi connectivity index (χ3n) is 2.04. The number of aromatic nitrogens is 2. The van der Waals surface area contributed by atoms with Gasteiger partial charge in [0.1, 0.15) is 0 Å². The quantitative estimate of drug-likeness (QED) is 0.606. The van der Waals surface area contributed by atoms with Gasteiger partial charge in [-0.25, -0.2) is 0 Å². The van der Waals surface area contributed by atoms with Gasteiger partial charge < -0.3 is 4.90 Å². The van der Waals surface area contributed by atoms with Crippen LogP contribution < -0.4 is 0 Å². The number of rotatable bonds is 2. The van der Waals surface area contributed by atoms with E-state index in [1.807, 2.05) is 0 Å². The van der Waals surface area contributed by atoms with Gasteiger partial charge in [0, 0.05) is 12.4 Å². The molecule has 0 aliphatic carbocycles. The second-order valence-corrected chi connectivity index (χ2v) is 3.16. The van der Waals surface area contributed by atoms with Crippen LogP contribution in [0.4, 0.5) is 0 Å². The van der Waals surface area contributed by atoms with Gasteiger partial charge in [-0.15, -0.1) is 0 Å². The van der Waals surface area contributed by atoms with E-state index in [9.17, 15) is 9.59 Å². The van der Waals surface area contributed by atoms with E-state index >= 15 is 0 Å². The zero-order valence-electron chi connectivity index (χ0n) is 7.51. The average Bonchev–Trinajstić information content (AvgIpc) is 2.47. The van der Waals surface area contributed by atoms with Gasteiger partial charge in [-0.2, -0.15) is 0 Å². The number of hydrogen-bond donors (Lipinski definition) is 0. The molecule has 5 nitrogen and oxygen atoms in total. The highest BCUT2D eigenvalue weighted by Crippen LogP contribution is 2.09. The first-order valence-electron chi connectivity index (χ1n) is 4.30. The lowest BCUT2D eigenvalue weighted by Gasteiger charge is -2.12. The summed E-state index contributed by atoms with van der Waals surface area (Å²) in [5.74, 6) is -0.153. The molecule has 0 saturated carbocycles. The van der Waals surface area contributed by atoms with Crippen molar-refractivity contribution in [3.05, 3.63) is 24.3 Å². The largest absolute Gasteiger partial charge is 0.329 e. The van der Waals surface area contributed by atoms with Gasteiger partial charge in [-0.3, -0.25) is 19.6 Å². The van der Waals surface area contributed by atoms with Crippen molar-refractivity contribution in [2.45, 2.75) is 13.0 Å². The van der Waals surface area contributed by atoms with Crippen molar-refractivity contribution in [2.24, 2.45) is 0 Å². The fourth-order valence-electron chi connectivity index (χ4n) is 1.39. The monoisotopic (exact) mass is 191 g/mol. The number of Topliss-reactive ketones (excluding diaryl/α,β-unsaturated/α-hetero) is 1. The zero-order valence-corrected chi connectivity index (χ0v) is 7.51. The van der Waals surface area contributed by atoms with Crippen molar-refractivity contribution in [3.63, 3.8) is 0 Å². The van der Waals surface area contributed by atoms with E-state index in [0.29, 0.717) is 12.2 Å². The van der Waals surface area contributed by atoms with Gasteiger partial charge in [-0.1, -0.05) is 0 Å². The molecule has 0 N–H and O–H groups in total. The molecular formula is C9H9N3O2. The number of hydrogen-bond acceptors (Lipinski definition) is 4. The summed E-state index contributed by atoms with van der Waals surface area (Å²) < 4.78 is 0. The fraction of sp³-hybridized carbons (Fsp3) is 0.333. The Morgan fingerprint density at radius 3 is 2.79 bits per heavy atom. The number of amides is 1. The maximum atomic E-state index is 11.2. The molecule has 1 aliphatic heterocycles. The molecule has 2 heterocycles. The van der Waals surface area contributed by atoms with Crippen LogP contribution in [0.2, 0.25) is 0 Å². The Bertz CT molecular complexity index is 364. The molecule has 0 radical (unpaired) electrons. The number of ketones is 1. The summed E-state index contributed by atoms with van der Waals surface area (Å²) in [6.45, 7) is 0.577. The normalized spacial score (nSPS) is 16.4. The summed E-state index contributed by atoms with van der Waals surface area (Å²) in [7, 11) is 0. The van der Waals surface area contributed by atoms with Crippen molar-refractivity contribution >= 4 is 11.7 Å². The van der Waals surface area contributed by atoms with Crippen molar-refractivity contribution in [1.82, 2.24) is 14.9 Å². The van der Waals surface area contributed by atoms with Crippen molar-refractivity contribution in [2.75, 3.05) is 6.54 Å². The van der Waals surface area contributed by atoms with Crippen LogP contribution in [-0.4, -0.2) is 33.1 Å². The Hall–Kier alpha value is -1.78.